The van der Waals surface area contributed by atoms with Crippen molar-refractivity contribution in [2.24, 2.45) is 0 Å². The van der Waals surface area contributed by atoms with Crippen molar-refractivity contribution in [3.8, 4) is 0 Å². The summed E-state index contributed by atoms with van der Waals surface area (Å²) in [5.41, 5.74) is 4.87. The summed E-state index contributed by atoms with van der Waals surface area (Å²) < 4.78 is 0. The molecule has 0 bridgehead atoms. The van der Waals surface area contributed by atoms with Crippen LogP contribution in [-0.2, 0) is 17.6 Å². The molecule has 1 N–H and O–H groups in total. The van der Waals surface area contributed by atoms with Crippen molar-refractivity contribution in [1.29, 1.82) is 0 Å². The molecule has 30 heavy (non-hydrogen) atoms. The zero-order valence-corrected chi connectivity index (χ0v) is 18.5. The molecule has 6 heteroatoms. The lowest BCUT2D eigenvalue weighted by atomic mass is 9.89. The second kappa shape index (κ2) is 9.75. The monoisotopic (exact) mass is 425 g/mol. The first kappa shape index (κ1) is 21.1. The highest BCUT2D eigenvalue weighted by Crippen LogP contribution is 2.24. The lowest BCUT2D eigenvalue weighted by Gasteiger charge is -2.23. The normalized spacial score (nSPS) is 18.4. The van der Waals surface area contributed by atoms with Gasteiger partial charge in [-0.2, -0.15) is 11.3 Å². The molecule has 0 radical (unpaired) electrons. The molecule has 2 aromatic rings. The van der Waals surface area contributed by atoms with Crippen molar-refractivity contribution < 1.29 is 9.59 Å². The number of nitrogens with zero attached hydrogens (tertiary/aromatic N) is 2. The van der Waals surface area contributed by atoms with Gasteiger partial charge in [0.25, 0.3) is 5.91 Å². The first-order valence-corrected chi connectivity index (χ1v) is 12.0. The average Bonchev–Trinajstić information content (AvgIpc) is 3.20. The van der Waals surface area contributed by atoms with E-state index in [1.807, 2.05) is 21.7 Å². The third kappa shape index (κ3) is 5.10. The van der Waals surface area contributed by atoms with Gasteiger partial charge in [-0.3, -0.25) is 14.5 Å². The number of thiophene rings is 1. The van der Waals surface area contributed by atoms with E-state index in [9.17, 15) is 9.59 Å². The fourth-order valence-electron chi connectivity index (χ4n) is 4.50. The minimum absolute atomic E-state index is 0.00775. The molecule has 4 rings (SSSR count). The van der Waals surface area contributed by atoms with E-state index in [-0.39, 0.29) is 17.9 Å². The molecule has 1 aliphatic heterocycles. The predicted octanol–water partition coefficient (Wildman–Crippen LogP) is 3.65. The number of carbonyl (C=O) groups is 2. The summed E-state index contributed by atoms with van der Waals surface area (Å²) in [5, 5.41) is 7.01. The number of hydrogen-bond acceptors (Lipinski definition) is 4. The third-order valence-electron chi connectivity index (χ3n) is 6.26. The molecular formula is C24H31N3O2S. The van der Waals surface area contributed by atoms with Crippen LogP contribution in [0.2, 0.25) is 0 Å². The van der Waals surface area contributed by atoms with Gasteiger partial charge in [0.1, 0.15) is 0 Å². The smallest absolute Gasteiger partial charge is 0.254 e. The maximum Gasteiger partial charge on any atom is 0.254 e. The predicted molar refractivity (Wildman–Crippen MR) is 121 cm³/mol. The minimum atomic E-state index is 0.00775. The average molecular weight is 426 g/mol. The van der Waals surface area contributed by atoms with E-state index in [0.29, 0.717) is 13.1 Å². The quantitative estimate of drug-likeness (QED) is 0.796. The molecule has 1 aromatic carbocycles. The van der Waals surface area contributed by atoms with Crippen LogP contribution in [0.4, 0.5) is 0 Å². The molecule has 2 aliphatic rings. The van der Waals surface area contributed by atoms with Crippen molar-refractivity contribution in [2.45, 2.75) is 45.1 Å². The van der Waals surface area contributed by atoms with Crippen molar-refractivity contribution in [3.05, 3.63) is 57.3 Å². The Bertz CT molecular complexity index is 881. The molecule has 1 atom stereocenters. The Labute approximate surface area is 183 Å². The first-order valence-electron chi connectivity index (χ1n) is 11.0. The van der Waals surface area contributed by atoms with E-state index in [4.69, 9.17) is 0 Å². The maximum atomic E-state index is 12.7. The van der Waals surface area contributed by atoms with Crippen LogP contribution in [-0.4, -0.2) is 54.3 Å². The fraction of sp³-hybridized carbons (Fsp3) is 0.500. The molecular weight excluding hydrogens is 394 g/mol. The maximum absolute atomic E-state index is 12.7. The Balaban J connectivity index is 1.28. The third-order valence-corrected chi connectivity index (χ3v) is 6.94. The molecule has 0 spiro atoms. The summed E-state index contributed by atoms with van der Waals surface area (Å²) in [6.45, 7) is 5.44. The van der Waals surface area contributed by atoms with Crippen LogP contribution in [0.25, 0.3) is 0 Å². The van der Waals surface area contributed by atoms with Crippen LogP contribution in [0.5, 0.6) is 0 Å². The van der Waals surface area contributed by atoms with E-state index < -0.39 is 0 Å². The van der Waals surface area contributed by atoms with Gasteiger partial charge in [0.05, 0.1) is 18.2 Å². The lowest BCUT2D eigenvalue weighted by molar-refractivity contribution is -0.122. The number of fused-ring (bicyclic) bond motifs is 1. The van der Waals surface area contributed by atoms with E-state index in [0.717, 1.165) is 38.0 Å². The van der Waals surface area contributed by atoms with Gasteiger partial charge in [0.15, 0.2) is 0 Å². The van der Waals surface area contributed by atoms with Gasteiger partial charge in [0.2, 0.25) is 5.91 Å². The van der Waals surface area contributed by atoms with Gasteiger partial charge in [-0.15, -0.1) is 0 Å². The van der Waals surface area contributed by atoms with Crippen LogP contribution < -0.4 is 5.32 Å². The van der Waals surface area contributed by atoms with Crippen LogP contribution in [0.1, 0.15) is 59.3 Å². The molecule has 5 nitrogen and oxygen atoms in total. The highest BCUT2D eigenvalue weighted by atomic mass is 32.1. The van der Waals surface area contributed by atoms with Crippen LogP contribution in [0.15, 0.2) is 35.0 Å². The molecule has 2 amide bonds. The lowest BCUT2D eigenvalue weighted by Crippen LogP contribution is -2.40. The summed E-state index contributed by atoms with van der Waals surface area (Å²) >= 11 is 1.55. The highest BCUT2D eigenvalue weighted by Gasteiger charge is 2.22. The molecule has 1 fully saturated rings. The molecule has 2 heterocycles. The van der Waals surface area contributed by atoms with Crippen molar-refractivity contribution in [2.75, 3.05) is 32.7 Å². The molecule has 0 saturated carbocycles. The Morgan fingerprint density at radius 1 is 1.03 bits per heavy atom. The van der Waals surface area contributed by atoms with E-state index in [2.05, 4.69) is 35.3 Å². The number of amides is 2. The summed E-state index contributed by atoms with van der Waals surface area (Å²) in [7, 11) is 0. The molecule has 1 unspecified atom stereocenters. The standard InChI is InChI=1S/C24H31N3O2S/c1-18(20-8-7-19-5-2-3-6-21(19)15-20)25-23(28)16-26-10-4-11-27(13-12-26)24(29)22-9-14-30-17-22/h7-9,14-15,17-18H,2-6,10-13,16H2,1H3,(H,25,28). The fourth-order valence-corrected chi connectivity index (χ4v) is 5.13. The zero-order chi connectivity index (χ0) is 20.9. The van der Waals surface area contributed by atoms with Crippen molar-refractivity contribution in [1.82, 2.24) is 15.1 Å². The Morgan fingerprint density at radius 2 is 1.87 bits per heavy atom. The Hall–Kier alpha value is -2.18. The van der Waals surface area contributed by atoms with E-state index in [1.165, 1.54) is 36.0 Å². The Kier molecular flexibility index (Phi) is 6.85. The topological polar surface area (TPSA) is 52.7 Å². The number of benzene rings is 1. The number of hydrogen-bond donors (Lipinski definition) is 1. The number of carbonyl (C=O) groups excluding carboxylic acids is 2. The van der Waals surface area contributed by atoms with Gasteiger partial charge in [-0.1, -0.05) is 18.2 Å². The molecule has 1 saturated heterocycles. The van der Waals surface area contributed by atoms with Gasteiger partial charge in [-0.25, -0.2) is 0 Å². The second-order valence-electron chi connectivity index (χ2n) is 8.46. The summed E-state index contributed by atoms with van der Waals surface area (Å²) in [4.78, 5) is 29.3. The van der Waals surface area contributed by atoms with Crippen LogP contribution in [0, 0.1) is 0 Å². The van der Waals surface area contributed by atoms with Gasteiger partial charge < -0.3 is 10.2 Å². The first-order chi connectivity index (χ1) is 14.6. The zero-order valence-electron chi connectivity index (χ0n) is 17.7. The van der Waals surface area contributed by atoms with Crippen LogP contribution in [0.3, 0.4) is 0 Å². The number of aryl methyl sites for hydroxylation is 2. The largest absolute Gasteiger partial charge is 0.348 e. The minimum Gasteiger partial charge on any atom is -0.348 e. The highest BCUT2D eigenvalue weighted by molar-refractivity contribution is 7.08. The van der Waals surface area contributed by atoms with Crippen molar-refractivity contribution in [3.63, 3.8) is 0 Å². The number of nitrogens with one attached hydrogen (secondary N) is 1. The van der Waals surface area contributed by atoms with E-state index >= 15 is 0 Å². The van der Waals surface area contributed by atoms with E-state index in [1.54, 1.807) is 11.3 Å². The van der Waals surface area contributed by atoms with Crippen molar-refractivity contribution >= 4 is 23.2 Å². The summed E-state index contributed by atoms with van der Waals surface area (Å²) in [5.74, 6) is 0.154. The summed E-state index contributed by atoms with van der Waals surface area (Å²) in [6.07, 6.45) is 5.77. The molecule has 1 aliphatic carbocycles. The summed E-state index contributed by atoms with van der Waals surface area (Å²) in [6, 6.07) is 8.56. The number of rotatable bonds is 5. The van der Waals surface area contributed by atoms with Gasteiger partial charge in [-0.05, 0) is 67.2 Å². The molecule has 160 valence electrons. The van der Waals surface area contributed by atoms with Gasteiger partial charge in [0, 0.05) is 31.6 Å². The van der Waals surface area contributed by atoms with Gasteiger partial charge >= 0.3 is 0 Å². The SMILES string of the molecule is CC(NC(=O)CN1CCCN(C(=O)c2ccsc2)CC1)c1ccc2c(c1)CCCC2. The second-order valence-corrected chi connectivity index (χ2v) is 9.24. The molecule has 1 aromatic heterocycles. The van der Waals surface area contributed by atoms with Crippen LogP contribution >= 0.6 is 11.3 Å². The Morgan fingerprint density at radius 3 is 2.67 bits per heavy atom.